The van der Waals surface area contributed by atoms with Crippen LogP contribution in [0, 0.1) is 0 Å². The Balaban J connectivity index is 2.38. The van der Waals surface area contributed by atoms with E-state index in [2.05, 4.69) is 20.4 Å². The molecule has 3 rings (SSSR count). The van der Waals surface area contributed by atoms with Crippen molar-refractivity contribution in [1.29, 1.82) is 0 Å². The van der Waals surface area contributed by atoms with Gasteiger partial charge in [-0.1, -0.05) is 29.5 Å². The molecule has 17 heavy (non-hydrogen) atoms. The average Bonchev–Trinajstić information content (AvgIpc) is 2.77. The highest BCUT2D eigenvalue weighted by Crippen LogP contribution is 2.27. The molecule has 0 saturated carbocycles. The lowest BCUT2D eigenvalue weighted by molar-refractivity contribution is 1.00. The largest absolute Gasteiger partial charge is 0.374 e. The molecule has 0 radical (unpaired) electrons. The van der Waals surface area contributed by atoms with E-state index in [1.54, 1.807) is 12.1 Å². The summed E-state index contributed by atoms with van der Waals surface area (Å²) in [5.74, 6) is 0. The third-order valence-electron chi connectivity index (χ3n) is 2.34. The molecule has 0 saturated heterocycles. The molecule has 7 heteroatoms. The Hall–Kier alpha value is -2.28. The van der Waals surface area contributed by atoms with Crippen LogP contribution in [0.3, 0.4) is 0 Å². The van der Waals surface area contributed by atoms with E-state index >= 15 is 0 Å². The van der Waals surface area contributed by atoms with Crippen molar-refractivity contribution < 1.29 is 0 Å². The van der Waals surface area contributed by atoms with Crippen LogP contribution in [-0.2, 0) is 0 Å². The second kappa shape index (κ2) is 3.63. The third-order valence-corrected chi connectivity index (χ3v) is 3.10. The second-order valence-corrected chi connectivity index (χ2v) is 4.40. The predicted molar refractivity (Wildman–Crippen MR) is 65.7 cm³/mol. The fourth-order valence-corrected chi connectivity index (χ4v) is 2.22. The summed E-state index contributed by atoms with van der Waals surface area (Å²) in [6.45, 7) is 0. The van der Waals surface area contributed by atoms with E-state index in [1.165, 1.54) is 11.3 Å². The van der Waals surface area contributed by atoms with Crippen LogP contribution in [-0.4, -0.2) is 20.4 Å². The molecule has 84 valence electrons. The number of aromatic amines is 1. The number of nitrogens with zero attached hydrogens (tertiary/aromatic N) is 3. The van der Waals surface area contributed by atoms with Crippen molar-refractivity contribution in [2.24, 2.45) is 0 Å². The summed E-state index contributed by atoms with van der Waals surface area (Å²) in [6, 6.07) is 7.21. The lowest BCUT2D eigenvalue weighted by atomic mass is 10.1. The minimum Gasteiger partial charge on any atom is -0.374 e. The number of nitrogens with one attached hydrogen (secondary N) is 1. The van der Waals surface area contributed by atoms with E-state index in [4.69, 9.17) is 5.73 Å². The molecular formula is C10H7N5OS. The van der Waals surface area contributed by atoms with E-state index in [1.807, 2.05) is 12.1 Å². The van der Waals surface area contributed by atoms with Gasteiger partial charge in [0.2, 0.25) is 5.13 Å². The molecule has 6 nitrogen and oxygen atoms in total. The molecule has 0 atom stereocenters. The Bertz CT molecular complexity index is 748. The lowest BCUT2D eigenvalue weighted by Gasteiger charge is -2.00. The zero-order valence-electron chi connectivity index (χ0n) is 8.54. The number of aromatic nitrogens is 4. The first-order chi connectivity index (χ1) is 8.25. The first-order valence-corrected chi connectivity index (χ1v) is 5.64. The number of anilines is 1. The molecule has 0 bridgehead atoms. The maximum Gasteiger partial charge on any atom is 0.272 e. The molecule has 0 aliphatic rings. The van der Waals surface area contributed by atoms with Gasteiger partial charge in [0.15, 0.2) is 5.01 Å². The summed E-state index contributed by atoms with van der Waals surface area (Å²) in [5.41, 5.74) is 5.91. The summed E-state index contributed by atoms with van der Waals surface area (Å²) in [7, 11) is 0. The lowest BCUT2D eigenvalue weighted by Crippen LogP contribution is -2.09. The van der Waals surface area contributed by atoms with E-state index < -0.39 is 0 Å². The molecule has 2 heterocycles. The van der Waals surface area contributed by atoms with Gasteiger partial charge in [-0.25, -0.2) is 5.10 Å². The highest BCUT2D eigenvalue weighted by Gasteiger charge is 2.11. The van der Waals surface area contributed by atoms with Crippen LogP contribution in [0.25, 0.3) is 21.5 Å². The number of fused-ring (bicyclic) bond motifs is 1. The van der Waals surface area contributed by atoms with Crippen LogP contribution in [0.4, 0.5) is 5.13 Å². The Morgan fingerprint density at radius 2 is 1.94 bits per heavy atom. The summed E-state index contributed by atoms with van der Waals surface area (Å²) in [4.78, 5) is 11.6. The standard InChI is InChI=1S/C10H7N5OS/c11-10-15-14-9(17-10)7-5-3-1-2-4-6(5)8(16)13-12-7/h1-4H,(H2,11,15)(H,13,16). The van der Waals surface area contributed by atoms with Crippen LogP contribution >= 0.6 is 11.3 Å². The van der Waals surface area contributed by atoms with Crippen LogP contribution < -0.4 is 11.3 Å². The van der Waals surface area contributed by atoms with Crippen LogP contribution in [0.2, 0.25) is 0 Å². The van der Waals surface area contributed by atoms with E-state index in [0.29, 0.717) is 21.2 Å². The van der Waals surface area contributed by atoms with Crippen molar-refractivity contribution in [2.75, 3.05) is 5.73 Å². The van der Waals surface area contributed by atoms with Crippen molar-refractivity contribution >= 4 is 27.2 Å². The number of H-pyrrole nitrogens is 1. The van der Waals surface area contributed by atoms with Gasteiger partial charge in [0.05, 0.1) is 5.39 Å². The highest BCUT2D eigenvalue weighted by molar-refractivity contribution is 7.18. The smallest absolute Gasteiger partial charge is 0.272 e. The van der Waals surface area contributed by atoms with Gasteiger partial charge in [0.1, 0.15) is 5.69 Å². The molecule has 0 unspecified atom stereocenters. The Labute approximate surface area is 99.1 Å². The molecule has 3 aromatic rings. The van der Waals surface area contributed by atoms with Gasteiger partial charge >= 0.3 is 0 Å². The molecule has 0 amide bonds. The highest BCUT2D eigenvalue weighted by atomic mass is 32.1. The molecule has 0 aliphatic carbocycles. The molecule has 0 aliphatic heterocycles. The van der Waals surface area contributed by atoms with E-state index in [-0.39, 0.29) is 5.56 Å². The summed E-state index contributed by atoms with van der Waals surface area (Å²) < 4.78 is 0. The van der Waals surface area contributed by atoms with Crippen LogP contribution in [0.5, 0.6) is 0 Å². The van der Waals surface area contributed by atoms with Crippen LogP contribution in [0.1, 0.15) is 0 Å². The topological polar surface area (TPSA) is 97.5 Å². The average molecular weight is 245 g/mol. The molecule has 2 aromatic heterocycles. The first kappa shape index (κ1) is 9.91. The van der Waals surface area contributed by atoms with Crippen molar-refractivity contribution in [3.8, 4) is 10.7 Å². The van der Waals surface area contributed by atoms with Gasteiger partial charge in [-0.2, -0.15) is 5.10 Å². The minimum absolute atomic E-state index is 0.221. The number of nitrogens with two attached hydrogens (primary N) is 1. The number of rotatable bonds is 1. The Morgan fingerprint density at radius 1 is 1.18 bits per heavy atom. The van der Waals surface area contributed by atoms with Crippen molar-refractivity contribution in [3.05, 3.63) is 34.6 Å². The second-order valence-electron chi connectivity index (χ2n) is 3.39. The number of nitrogen functional groups attached to an aromatic ring is 1. The predicted octanol–water partition coefficient (Wildman–Crippen LogP) is 1.02. The van der Waals surface area contributed by atoms with Gasteiger partial charge < -0.3 is 5.73 Å². The zero-order valence-corrected chi connectivity index (χ0v) is 9.36. The van der Waals surface area contributed by atoms with Crippen LogP contribution in [0.15, 0.2) is 29.1 Å². The van der Waals surface area contributed by atoms with E-state index in [9.17, 15) is 4.79 Å². The monoisotopic (exact) mass is 245 g/mol. The van der Waals surface area contributed by atoms with Crippen molar-refractivity contribution in [1.82, 2.24) is 20.4 Å². The van der Waals surface area contributed by atoms with Gasteiger partial charge in [-0.05, 0) is 6.07 Å². The molecule has 0 spiro atoms. The quantitative estimate of drug-likeness (QED) is 0.667. The van der Waals surface area contributed by atoms with Gasteiger partial charge in [-0.3, -0.25) is 4.79 Å². The maximum absolute atomic E-state index is 11.6. The fraction of sp³-hybridized carbons (Fsp3) is 0. The molecule has 0 fully saturated rings. The Kier molecular flexibility index (Phi) is 2.12. The van der Waals surface area contributed by atoms with E-state index in [0.717, 1.165) is 5.39 Å². The number of hydrogen-bond donors (Lipinski definition) is 2. The normalized spacial score (nSPS) is 10.8. The molecular weight excluding hydrogens is 238 g/mol. The maximum atomic E-state index is 11.6. The van der Waals surface area contributed by atoms with Gasteiger partial charge in [0.25, 0.3) is 5.56 Å². The summed E-state index contributed by atoms with van der Waals surface area (Å²) in [6.07, 6.45) is 0. The van der Waals surface area contributed by atoms with Gasteiger partial charge in [0, 0.05) is 5.39 Å². The van der Waals surface area contributed by atoms with Crippen molar-refractivity contribution in [3.63, 3.8) is 0 Å². The number of benzene rings is 1. The zero-order chi connectivity index (χ0) is 11.8. The summed E-state index contributed by atoms with van der Waals surface area (Å²) in [5, 5.41) is 16.4. The minimum atomic E-state index is -0.221. The van der Waals surface area contributed by atoms with Crippen molar-refractivity contribution in [2.45, 2.75) is 0 Å². The summed E-state index contributed by atoms with van der Waals surface area (Å²) >= 11 is 1.23. The fourth-order valence-electron chi connectivity index (χ4n) is 1.61. The van der Waals surface area contributed by atoms with Gasteiger partial charge in [-0.15, -0.1) is 10.2 Å². The first-order valence-electron chi connectivity index (χ1n) is 4.82. The third kappa shape index (κ3) is 1.56. The SMILES string of the molecule is Nc1nnc(-c2n[nH]c(=O)c3ccccc23)s1. The number of hydrogen-bond acceptors (Lipinski definition) is 6. The Morgan fingerprint density at radius 3 is 2.65 bits per heavy atom. The molecule has 1 aromatic carbocycles. The molecule has 3 N–H and O–H groups in total.